The maximum absolute atomic E-state index is 9.62. The molecule has 2 unspecified atom stereocenters. The monoisotopic (exact) mass is 304 g/mol. The van der Waals surface area contributed by atoms with E-state index in [9.17, 15) is 5.26 Å². The van der Waals surface area contributed by atoms with Gasteiger partial charge in [-0.3, -0.25) is 5.32 Å². The molecule has 1 fully saturated rings. The van der Waals surface area contributed by atoms with Crippen molar-refractivity contribution in [2.75, 3.05) is 12.3 Å². The van der Waals surface area contributed by atoms with Crippen molar-refractivity contribution in [3.05, 3.63) is 18.0 Å². The molecule has 0 bridgehead atoms. The molecule has 1 N–H and O–H groups in total. The minimum absolute atomic E-state index is 0.302. The molecule has 2 rings (SSSR count). The third-order valence-corrected chi connectivity index (χ3v) is 5.08. The van der Waals surface area contributed by atoms with Crippen LogP contribution in [0.1, 0.15) is 44.7 Å². The Kier molecular flexibility index (Phi) is 6.01. The smallest absolute Gasteiger partial charge is 0.187 e. The Morgan fingerprint density at radius 1 is 1.57 bits per heavy atom. The van der Waals surface area contributed by atoms with Crippen LogP contribution in [0.5, 0.6) is 0 Å². The molecule has 0 radical (unpaired) electrons. The fourth-order valence-electron chi connectivity index (χ4n) is 3.02. The maximum atomic E-state index is 9.62. The van der Waals surface area contributed by atoms with Gasteiger partial charge in [-0.1, -0.05) is 25.1 Å². The second kappa shape index (κ2) is 7.77. The van der Waals surface area contributed by atoms with Crippen LogP contribution in [0.25, 0.3) is 0 Å². The van der Waals surface area contributed by atoms with Gasteiger partial charge in [-0.2, -0.15) is 5.26 Å². The number of nitrogens with zero attached hydrogens (tertiary/aromatic N) is 3. The normalized spacial score (nSPS) is 24.9. The van der Waals surface area contributed by atoms with Gasteiger partial charge in [0.15, 0.2) is 5.16 Å². The van der Waals surface area contributed by atoms with Gasteiger partial charge in [-0.05, 0) is 51.1 Å². The number of nitriles is 1. The molecule has 1 aliphatic carbocycles. The number of nitrogens with one attached hydrogen (secondary N) is 1. The van der Waals surface area contributed by atoms with Crippen molar-refractivity contribution < 1.29 is 0 Å². The van der Waals surface area contributed by atoms with Crippen LogP contribution in [0.2, 0.25) is 0 Å². The third kappa shape index (κ3) is 4.18. The highest BCUT2D eigenvalue weighted by Crippen LogP contribution is 2.38. The molecule has 1 aromatic rings. The summed E-state index contributed by atoms with van der Waals surface area (Å²) in [7, 11) is 0. The maximum Gasteiger partial charge on any atom is 0.187 e. The third-order valence-electron chi connectivity index (χ3n) is 4.18. The van der Waals surface area contributed by atoms with Crippen molar-refractivity contribution in [1.82, 2.24) is 15.3 Å². The van der Waals surface area contributed by atoms with E-state index in [0.717, 1.165) is 55.3 Å². The van der Waals surface area contributed by atoms with Gasteiger partial charge in [0.05, 0.1) is 6.07 Å². The summed E-state index contributed by atoms with van der Waals surface area (Å²) in [6.07, 6.45) is 7.22. The van der Waals surface area contributed by atoms with Gasteiger partial charge in [0.1, 0.15) is 5.54 Å². The standard InChI is InChI=1S/C16H24N4S/c1-3-9-19-16(12-17)8-4-5-14(16)7-11-21-15-18-10-6-13(2)20-15/h6,10,14,19H,3-5,7-9,11H2,1-2H3. The molecule has 0 aliphatic heterocycles. The lowest BCUT2D eigenvalue weighted by Gasteiger charge is -2.29. The Morgan fingerprint density at radius 2 is 2.43 bits per heavy atom. The highest BCUT2D eigenvalue weighted by molar-refractivity contribution is 7.99. The SMILES string of the molecule is CCCNC1(C#N)CCCC1CCSc1nccc(C)n1. The molecule has 5 heteroatoms. The summed E-state index contributed by atoms with van der Waals surface area (Å²) < 4.78 is 0. The first kappa shape index (κ1) is 16.3. The molecule has 0 saturated heterocycles. The molecule has 1 aromatic heterocycles. The van der Waals surface area contributed by atoms with Crippen molar-refractivity contribution in [3.63, 3.8) is 0 Å². The second-order valence-electron chi connectivity index (χ2n) is 5.72. The van der Waals surface area contributed by atoms with Gasteiger partial charge in [-0.15, -0.1) is 0 Å². The highest BCUT2D eigenvalue weighted by atomic mass is 32.2. The van der Waals surface area contributed by atoms with E-state index in [1.807, 2.05) is 19.2 Å². The van der Waals surface area contributed by atoms with Crippen LogP contribution in [0, 0.1) is 24.2 Å². The molecule has 2 atom stereocenters. The highest BCUT2D eigenvalue weighted by Gasteiger charge is 2.42. The van der Waals surface area contributed by atoms with Crippen molar-refractivity contribution in [3.8, 4) is 6.07 Å². The van der Waals surface area contributed by atoms with E-state index < -0.39 is 0 Å². The van der Waals surface area contributed by atoms with Crippen LogP contribution in [-0.2, 0) is 0 Å². The lowest BCUT2D eigenvalue weighted by molar-refractivity contribution is 0.311. The largest absolute Gasteiger partial charge is 0.299 e. The topological polar surface area (TPSA) is 61.6 Å². The van der Waals surface area contributed by atoms with Crippen LogP contribution in [0.15, 0.2) is 17.4 Å². The Morgan fingerprint density at radius 3 is 3.14 bits per heavy atom. The van der Waals surface area contributed by atoms with E-state index >= 15 is 0 Å². The molecule has 1 heterocycles. The van der Waals surface area contributed by atoms with Crippen LogP contribution >= 0.6 is 11.8 Å². The first-order valence-corrected chi connectivity index (χ1v) is 8.77. The van der Waals surface area contributed by atoms with Crippen LogP contribution in [-0.4, -0.2) is 27.8 Å². The Labute approximate surface area is 131 Å². The van der Waals surface area contributed by atoms with E-state index in [4.69, 9.17) is 0 Å². The average Bonchev–Trinajstić information content (AvgIpc) is 2.89. The van der Waals surface area contributed by atoms with Crippen molar-refractivity contribution >= 4 is 11.8 Å². The summed E-state index contributed by atoms with van der Waals surface area (Å²) in [5, 5.41) is 14.0. The molecule has 0 aromatic carbocycles. The van der Waals surface area contributed by atoms with E-state index in [-0.39, 0.29) is 5.54 Å². The first-order valence-electron chi connectivity index (χ1n) is 7.79. The molecule has 21 heavy (non-hydrogen) atoms. The molecular weight excluding hydrogens is 280 g/mol. The van der Waals surface area contributed by atoms with E-state index in [2.05, 4.69) is 28.3 Å². The summed E-state index contributed by atoms with van der Waals surface area (Å²) >= 11 is 1.70. The van der Waals surface area contributed by atoms with Crippen LogP contribution in [0.3, 0.4) is 0 Å². The van der Waals surface area contributed by atoms with Gasteiger partial charge < -0.3 is 0 Å². The summed E-state index contributed by atoms with van der Waals surface area (Å²) in [5.74, 6) is 1.43. The number of aromatic nitrogens is 2. The van der Waals surface area contributed by atoms with Crippen molar-refractivity contribution in [2.24, 2.45) is 5.92 Å². The van der Waals surface area contributed by atoms with Gasteiger partial charge in [0.25, 0.3) is 0 Å². The summed E-state index contributed by atoms with van der Waals surface area (Å²) in [5.41, 5.74) is 0.702. The number of thioether (sulfide) groups is 1. The van der Waals surface area contributed by atoms with Gasteiger partial charge >= 0.3 is 0 Å². The van der Waals surface area contributed by atoms with Crippen LogP contribution in [0.4, 0.5) is 0 Å². The predicted octanol–water partition coefficient (Wildman–Crippen LogP) is 3.33. The zero-order chi connectivity index (χ0) is 15.1. The average molecular weight is 304 g/mol. The summed E-state index contributed by atoms with van der Waals surface area (Å²) in [6.45, 7) is 5.06. The summed E-state index contributed by atoms with van der Waals surface area (Å²) in [6, 6.07) is 4.48. The zero-order valence-electron chi connectivity index (χ0n) is 12.9. The second-order valence-corrected chi connectivity index (χ2v) is 6.78. The van der Waals surface area contributed by atoms with E-state index in [1.54, 1.807) is 11.8 Å². The lowest BCUT2D eigenvalue weighted by atomic mass is 9.86. The van der Waals surface area contributed by atoms with Gasteiger partial charge in [0.2, 0.25) is 0 Å². The lowest BCUT2D eigenvalue weighted by Crippen LogP contribution is -2.47. The quantitative estimate of drug-likeness (QED) is 0.618. The minimum atomic E-state index is -0.302. The number of aryl methyl sites for hydroxylation is 1. The zero-order valence-corrected chi connectivity index (χ0v) is 13.7. The Hall–Kier alpha value is -1.12. The molecule has 0 spiro atoms. The minimum Gasteiger partial charge on any atom is -0.299 e. The van der Waals surface area contributed by atoms with Gasteiger partial charge in [0, 0.05) is 17.6 Å². The fraction of sp³-hybridized carbons (Fsp3) is 0.688. The molecule has 114 valence electrons. The molecular formula is C16H24N4S. The number of hydrogen-bond donors (Lipinski definition) is 1. The number of rotatable bonds is 7. The van der Waals surface area contributed by atoms with Crippen molar-refractivity contribution in [1.29, 1.82) is 5.26 Å². The van der Waals surface area contributed by atoms with E-state index in [1.165, 1.54) is 0 Å². The Bertz CT molecular complexity index is 499. The number of hydrogen-bond acceptors (Lipinski definition) is 5. The molecule has 0 amide bonds. The van der Waals surface area contributed by atoms with Gasteiger partial charge in [-0.25, -0.2) is 9.97 Å². The molecule has 4 nitrogen and oxygen atoms in total. The van der Waals surface area contributed by atoms with E-state index in [0.29, 0.717) is 5.92 Å². The fourth-order valence-corrected chi connectivity index (χ4v) is 3.95. The molecule has 1 saturated carbocycles. The molecule has 1 aliphatic rings. The van der Waals surface area contributed by atoms with Crippen molar-refractivity contribution in [2.45, 2.75) is 56.6 Å². The Balaban J connectivity index is 1.88. The van der Waals surface area contributed by atoms with Crippen LogP contribution < -0.4 is 5.32 Å². The predicted molar refractivity (Wildman–Crippen MR) is 86.1 cm³/mol. The first-order chi connectivity index (χ1) is 10.2. The summed E-state index contributed by atoms with van der Waals surface area (Å²) in [4.78, 5) is 8.70.